The third-order valence-electron chi connectivity index (χ3n) is 2.72. The molecule has 1 atom stereocenters. The zero-order valence-corrected chi connectivity index (χ0v) is 11.4. The van der Waals surface area contributed by atoms with Crippen molar-refractivity contribution in [3.05, 3.63) is 11.4 Å². The summed E-state index contributed by atoms with van der Waals surface area (Å²) >= 11 is 0. The molecule has 18 heavy (non-hydrogen) atoms. The normalized spacial score (nSPS) is 12.9. The van der Waals surface area contributed by atoms with E-state index < -0.39 is 5.91 Å². The van der Waals surface area contributed by atoms with Gasteiger partial charge in [-0.15, -0.1) is 5.10 Å². The van der Waals surface area contributed by atoms with Gasteiger partial charge in [-0.1, -0.05) is 5.21 Å². The lowest BCUT2D eigenvalue weighted by Crippen LogP contribution is -2.19. The molecule has 7 heteroatoms. The Morgan fingerprint density at radius 3 is 2.72 bits per heavy atom. The lowest BCUT2D eigenvalue weighted by atomic mass is 10.2. The number of carbonyl (C=O) groups is 1. The van der Waals surface area contributed by atoms with Gasteiger partial charge in [-0.2, -0.15) is 0 Å². The highest BCUT2D eigenvalue weighted by Gasteiger charge is 2.22. The molecule has 0 saturated carbocycles. The van der Waals surface area contributed by atoms with E-state index >= 15 is 0 Å². The van der Waals surface area contributed by atoms with Gasteiger partial charge in [0.1, 0.15) is 5.69 Å². The number of nitrogens with two attached hydrogens (primary N) is 1. The van der Waals surface area contributed by atoms with Crippen molar-refractivity contribution in [3.8, 4) is 0 Å². The van der Waals surface area contributed by atoms with Crippen LogP contribution in [0.2, 0.25) is 0 Å². The van der Waals surface area contributed by atoms with Crippen LogP contribution in [0, 0.1) is 0 Å². The van der Waals surface area contributed by atoms with Crippen LogP contribution in [0.5, 0.6) is 0 Å². The van der Waals surface area contributed by atoms with Crippen molar-refractivity contribution in [2.24, 2.45) is 5.73 Å². The molecule has 0 fully saturated rings. The molecule has 1 heterocycles. The van der Waals surface area contributed by atoms with Crippen molar-refractivity contribution in [2.45, 2.75) is 26.0 Å². The fraction of sp³-hybridized carbons (Fsp3) is 0.727. The van der Waals surface area contributed by atoms with Crippen LogP contribution >= 0.6 is 0 Å². The number of methoxy groups -OCH3 is 1. The Hall–Kier alpha value is -1.47. The summed E-state index contributed by atoms with van der Waals surface area (Å²) in [5, 5.41) is 7.80. The first-order valence-electron chi connectivity index (χ1n) is 5.88. The number of ether oxygens (including phenoxy) is 1. The van der Waals surface area contributed by atoms with Crippen LogP contribution in [0.1, 0.15) is 35.6 Å². The Bertz CT molecular complexity index is 402. The topological polar surface area (TPSA) is 86.3 Å². The second-order valence-electron chi connectivity index (χ2n) is 4.45. The summed E-state index contributed by atoms with van der Waals surface area (Å²) in [6.45, 7) is 3.46. The Kier molecular flexibility index (Phi) is 5.24. The van der Waals surface area contributed by atoms with E-state index in [0.717, 1.165) is 13.0 Å². The Balaban J connectivity index is 2.87. The minimum absolute atomic E-state index is 0.189. The Labute approximate surface area is 107 Å². The second-order valence-corrected chi connectivity index (χ2v) is 4.45. The minimum Gasteiger partial charge on any atom is -0.375 e. The van der Waals surface area contributed by atoms with Gasteiger partial charge in [0.25, 0.3) is 5.91 Å². The van der Waals surface area contributed by atoms with Gasteiger partial charge in [-0.3, -0.25) is 4.79 Å². The van der Waals surface area contributed by atoms with Gasteiger partial charge in [0.05, 0.1) is 6.10 Å². The summed E-state index contributed by atoms with van der Waals surface area (Å²) in [5.74, 6) is -0.576. The first-order valence-corrected chi connectivity index (χ1v) is 5.88. The summed E-state index contributed by atoms with van der Waals surface area (Å²) < 4.78 is 6.93. The molecule has 1 unspecified atom stereocenters. The number of amides is 1. The van der Waals surface area contributed by atoms with Gasteiger partial charge in [-0.05, 0) is 34.0 Å². The first-order chi connectivity index (χ1) is 8.47. The number of rotatable bonds is 7. The molecule has 7 nitrogen and oxygen atoms in total. The number of nitrogens with zero attached hydrogens (tertiary/aromatic N) is 4. The van der Waals surface area contributed by atoms with Gasteiger partial charge >= 0.3 is 0 Å². The maximum atomic E-state index is 11.3. The quantitative estimate of drug-likeness (QED) is 0.743. The van der Waals surface area contributed by atoms with Gasteiger partial charge in [-0.25, -0.2) is 4.68 Å². The van der Waals surface area contributed by atoms with Crippen molar-refractivity contribution in [3.63, 3.8) is 0 Å². The maximum absolute atomic E-state index is 11.3. The van der Waals surface area contributed by atoms with Gasteiger partial charge < -0.3 is 15.4 Å². The van der Waals surface area contributed by atoms with E-state index in [1.165, 1.54) is 0 Å². The molecule has 1 rings (SSSR count). The lowest BCUT2D eigenvalue weighted by Gasteiger charge is -2.14. The highest BCUT2D eigenvalue weighted by atomic mass is 16.5. The highest BCUT2D eigenvalue weighted by Crippen LogP contribution is 2.18. The molecule has 0 aliphatic carbocycles. The zero-order valence-electron chi connectivity index (χ0n) is 11.4. The predicted octanol–water partition coefficient (Wildman–Crippen LogP) is 0.0361. The molecule has 0 aromatic carbocycles. The third kappa shape index (κ3) is 3.51. The molecule has 1 aromatic heterocycles. The number of hydrogen-bond acceptors (Lipinski definition) is 5. The molecule has 0 aliphatic heterocycles. The molecule has 0 spiro atoms. The number of primary amides is 1. The molecular formula is C11H21N5O2. The number of aryl methyl sites for hydroxylation is 1. The van der Waals surface area contributed by atoms with Crippen LogP contribution in [0.3, 0.4) is 0 Å². The van der Waals surface area contributed by atoms with E-state index in [1.54, 1.807) is 11.8 Å². The lowest BCUT2D eigenvalue weighted by molar-refractivity contribution is 0.0960. The molecule has 0 bridgehead atoms. The van der Waals surface area contributed by atoms with E-state index in [-0.39, 0.29) is 11.8 Å². The number of aromatic nitrogens is 3. The van der Waals surface area contributed by atoms with Crippen LogP contribution in [0.15, 0.2) is 0 Å². The Morgan fingerprint density at radius 2 is 2.22 bits per heavy atom. The minimum atomic E-state index is -0.576. The molecular weight excluding hydrogens is 234 g/mol. The van der Waals surface area contributed by atoms with Crippen molar-refractivity contribution in [1.29, 1.82) is 0 Å². The average molecular weight is 255 g/mol. The van der Waals surface area contributed by atoms with E-state index in [2.05, 4.69) is 15.2 Å². The van der Waals surface area contributed by atoms with E-state index in [4.69, 9.17) is 10.5 Å². The van der Waals surface area contributed by atoms with Crippen LogP contribution in [-0.2, 0) is 11.3 Å². The standard InChI is InChI=1S/C11H21N5O2/c1-8(18-4)10-9(11(12)17)13-14-16(10)7-5-6-15(2)3/h8H,5-7H2,1-4H3,(H2,12,17). The van der Waals surface area contributed by atoms with Crippen molar-refractivity contribution >= 4 is 5.91 Å². The van der Waals surface area contributed by atoms with Gasteiger partial charge in [0.2, 0.25) is 0 Å². The van der Waals surface area contributed by atoms with E-state index in [9.17, 15) is 4.79 Å². The van der Waals surface area contributed by atoms with Crippen molar-refractivity contribution < 1.29 is 9.53 Å². The largest absolute Gasteiger partial charge is 0.375 e. The fourth-order valence-electron chi connectivity index (χ4n) is 1.71. The molecule has 102 valence electrons. The zero-order chi connectivity index (χ0) is 13.7. The predicted molar refractivity (Wildman–Crippen MR) is 67.1 cm³/mol. The van der Waals surface area contributed by atoms with E-state index in [0.29, 0.717) is 12.2 Å². The SMILES string of the molecule is COC(C)c1c(C(N)=O)nnn1CCCN(C)C. The summed E-state index contributed by atoms with van der Waals surface area (Å²) in [7, 11) is 5.59. The molecule has 1 amide bonds. The highest BCUT2D eigenvalue weighted by molar-refractivity contribution is 5.91. The second kappa shape index (κ2) is 6.46. The van der Waals surface area contributed by atoms with Crippen LogP contribution in [0.25, 0.3) is 0 Å². The van der Waals surface area contributed by atoms with Gasteiger partial charge in [0.15, 0.2) is 5.69 Å². The third-order valence-corrected chi connectivity index (χ3v) is 2.72. The molecule has 0 saturated heterocycles. The molecule has 0 radical (unpaired) electrons. The van der Waals surface area contributed by atoms with Crippen molar-refractivity contribution in [2.75, 3.05) is 27.7 Å². The van der Waals surface area contributed by atoms with Crippen LogP contribution < -0.4 is 5.73 Å². The fourth-order valence-corrected chi connectivity index (χ4v) is 1.71. The summed E-state index contributed by atoms with van der Waals surface area (Å²) in [6, 6.07) is 0. The smallest absolute Gasteiger partial charge is 0.271 e. The average Bonchev–Trinajstić information content (AvgIpc) is 2.71. The summed E-state index contributed by atoms with van der Waals surface area (Å²) in [4.78, 5) is 13.4. The Morgan fingerprint density at radius 1 is 1.56 bits per heavy atom. The van der Waals surface area contributed by atoms with Gasteiger partial charge in [0, 0.05) is 13.7 Å². The summed E-state index contributed by atoms with van der Waals surface area (Å²) in [5.41, 5.74) is 6.11. The van der Waals surface area contributed by atoms with Crippen LogP contribution in [-0.4, -0.2) is 53.6 Å². The molecule has 1 aromatic rings. The number of carbonyl (C=O) groups excluding carboxylic acids is 1. The van der Waals surface area contributed by atoms with Crippen molar-refractivity contribution in [1.82, 2.24) is 19.9 Å². The summed E-state index contributed by atoms with van der Waals surface area (Å²) in [6.07, 6.45) is 0.653. The first kappa shape index (κ1) is 14.6. The maximum Gasteiger partial charge on any atom is 0.271 e. The van der Waals surface area contributed by atoms with E-state index in [1.807, 2.05) is 21.0 Å². The molecule has 0 aliphatic rings. The number of hydrogen-bond donors (Lipinski definition) is 1. The monoisotopic (exact) mass is 255 g/mol. The van der Waals surface area contributed by atoms with Crippen LogP contribution in [0.4, 0.5) is 0 Å². The molecule has 2 N–H and O–H groups in total.